The Kier molecular flexibility index (Phi) is 6.81. The zero-order valence-electron chi connectivity index (χ0n) is 11.4. The molecule has 0 radical (unpaired) electrons. The predicted octanol–water partition coefficient (Wildman–Crippen LogP) is 1.09. The highest BCUT2D eigenvalue weighted by atomic mass is 32.2. The molecule has 18 heavy (non-hydrogen) atoms. The molecule has 0 bridgehead atoms. The van der Waals surface area contributed by atoms with Crippen LogP contribution in [0.15, 0.2) is 0 Å². The van der Waals surface area contributed by atoms with Crippen molar-refractivity contribution < 1.29 is 12.6 Å². The predicted molar refractivity (Wildman–Crippen MR) is 77.1 cm³/mol. The van der Waals surface area contributed by atoms with E-state index in [0.29, 0.717) is 0 Å². The molecule has 0 aromatic carbocycles. The molecule has 0 heterocycles. The molecule has 0 saturated heterocycles. The van der Waals surface area contributed by atoms with Crippen molar-refractivity contribution in [3.05, 3.63) is 0 Å². The molecule has 4 nitrogen and oxygen atoms in total. The largest absolute Gasteiger partial charge is 0.316 e. The standard InChI is InChI=1S/C12H25NO3S2/c1-13-11-7-5-3-4-6-8-12(11)17(14)9-10-18(2,15)16/h11-13H,3-10H2,1-2H3. The average molecular weight is 295 g/mol. The third kappa shape index (κ3) is 5.80. The monoisotopic (exact) mass is 295 g/mol. The van der Waals surface area contributed by atoms with Crippen molar-refractivity contribution in [1.29, 1.82) is 0 Å². The molecule has 1 aliphatic carbocycles. The van der Waals surface area contributed by atoms with Crippen molar-refractivity contribution in [2.24, 2.45) is 0 Å². The zero-order valence-corrected chi connectivity index (χ0v) is 13.0. The fourth-order valence-electron chi connectivity index (χ4n) is 2.48. The van der Waals surface area contributed by atoms with Gasteiger partial charge in [-0.3, -0.25) is 4.21 Å². The molecule has 3 atom stereocenters. The van der Waals surface area contributed by atoms with Gasteiger partial charge in [-0.25, -0.2) is 8.42 Å². The Labute approximate surface area is 113 Å². The minimum Gasteiger partial charge on any atom is -0.316 e. The Bertz CT molecular complexity index is 368. The summed E-state index contributed by atoms with van der Waals surface area (Å²) >= 11 is 0. The van der Waals surface area contributed by atoms with Crippen molar-refractivity contribution in [3.8, 4) is 0 Å². The van der Waals surface area contributed by atoms with Crippen LogP contribution in [0.1, 0.15) is 38.5 Å². The SMILES string of the molecule is CNC1CCCCCCC1S(=O)CCS(C)(=O)=O. The van der Waals surface area contributed by atoms with Crippen LogP contribution >= 0.6 is 0 Å². The van der Waals surface area contributed by atoms with E-state index in [0.717, 1.165) is 19.3 Å². The summed E-state index contributed by atoms with van der Waals surface area (Å²) < 4.78 is 34.6. The highest BCUT2D eigenvalue weighted by molar-refractivity contribution is 7.92. The van der Waals surface area contributed by atoms with Crippen LogP contribution in [0.25, 0.3) is 0 Å². The van der Waals surface area contributed by atoms with Crippen LogP contribution in [0.2, 0.25) is 0 Å². The van der Waals surface area contributed by atoms with Crippen LogP contribution in [-0.2, 0) is 20.6 Å². The molecule has 3 unspecified atom stereocenters. The second-order valence-electron chi connectivity index (χ2n) is 5.14. The summed E-state index contributed by atoms with van der Waals surface area (Å²) in [6.45, 7) is 0. The topological polar surface area (TPSA) is 63.2 Å². The Morgan fingerprint density at radius 2 is 1.78 bits per heavy atom. The lowest BCUT2D eigenvalue weighted by Gasteiger charge is -2.28. The Morgan fingerprint density at radius 1 is 1.17 bits per heavy atom. The van der Waals surface area contributed by atoms with Crippen molar-refractivity contribution in [2.45, 2.75) is 49.8 Å². The smallest absolute Gasteiger partial charge is 0.148 e. The number of nitrogens with one attached hydrogen (secondary N) is 1. The first-order chi connectivity index (χ1) is 8.44. The second kappa shape index (κ2) is 7.60. The second-order valence-corrected chi connectivity index (χ2v) is 9.17. The number of sulfone groups is 1. The molecule has 0 aliphatic heterocycles. The fraction of sp³-hybridized carbons (Fsp3) is 1.00. The van der Waals surface area contributed by atoms with Gasteiger partial charge in [0.05, 0.1) is 11.0 Å². The molecule has 1 aliphatic rings. The third-order valence-corrected chi connectivity index (χ3v) is 6.62. The zero-order chi connectivity index (χ0) is 13.6. The van der Waals surface area contributed by atoms with E-state index in [-0.39, 0.29) is 22.8 Å². The van der Waals surface area contributed by atoms with Crippen LogP contribution in [0.4, 0.5) is 0 Å². The molecule has 0 aromatic heterocycles. The highest BCUT2D eigenvalue weighted by Gasteiger charge is 2.26. The van der Waals surface area contributed by atoms with Crippen LogP contribution < -0.4 is 5.32 Å². The van der Waals surface area contributed by atoms with Crippen molar-refractivity contribution >= 4 is 20.6 Å². The number of rotatable bonds is 5. The number of hydrogen-bond acceptors (Lipinski definition) is 4. The van der Waals surface area contributed by atoms with E-state index in [1.165, 1.54) is 25.5 Å². The van der Waals surface area contributed by atoms with Crippen LogP contribution in [0.3, 0.4) is 0 Å². The molecule has 108 valence electrons. The minimum absolute atomic E-state index is 0.0343. The molecular formula is C12H25NO3S2. The lowest BCUT2D eigenvalue weighted by Crippen LogP contribution is -2.42. The first kappa shape index (κ1) is 16.1. The normalized spacial score (nSPS) is 28.3. The van der Waals surface area contributed by atoms with E-state index < -0.39 is 20.6 Å². The Hall–Kier alpha value is 0.0600. The minimum atomic E-state index is -3.01. The first-order valence-electron chi connectivity index (χ1n) is 6.66. The van der Waals surface area contributed by atoms with Gasteiger partial charge in [0, 0.05) is 28.9 Å². The van der Waals surface area contributed by atoms with E-state index in [2.05, 4.69) is 5.32 Å². The molecule has 0 amide bonds. The van der Waals surface area contributed by atoms with Crippen LogP contribution in [0.5, 0.6) is 0 Å². The van der Waals surface area contributed by atoms with Gasteiger partial charge in [0.25, 0.3) is 0 Å². The summed E-state index contributed by atoms with van der Waals surface area (Å²) in [5, 5.41) is 3.37. The van der Waals surface area contributed by atoms with Crippen molar-refractivity contribution in [3.63, 3.8) is 0 Å². The van der Waals surface area contributed by atoms with Crippen LogP contribution in [0, 0.1) is 0 Å². The van der Waals surface area contributed by atoms with E-state index in [1.54, 1.807) is 0 Å². The highest BCUT2D eigenvalue weighted by Crippen LogP contribution is 2.21. The summed E-state index contributed by atoms with van der Waals surface area (Å²) in [4.78, 5) is 0. The maximum atomic E-state index is 12.3. The van der Waals surface area contributed by atoms with Gasteiger partial charge in [0.15, 0.2) is 0 Å². The van der Waals surface area contributed by atoms with Gasteiger partial charge < -0.3 is 5.32 Å². The molecule has 1 saturated carbocycles. The lowest BCUT2D eigenvalue weighted by atomic mass is 9.96. The van der Waals surface area contributed by atoms with E-state index in [9.17, 15) is 12.6 Å². The summed E-state index contributed by atoms with van der Waals surface area (Å²) in [5.41, 5.74) is 0. The van der Waals surface area contributed by atoms with Gasteiger partial charge in [-0.2, -0.15) is 0 Å². The summed E-state index contributed by atoms with van der Waals surface area (Å²) in [5.74, 6) is 0.314. The van der Waals surface area contributed by atoms with Gasteiger partial charge in [0.2, 0.25) is 0 Å². The quantitative estimate of drug-likeness (QED) is 0.825. The van der Waals surface area contributed by atoms with Gasteiger partial charge >= 0.3 is 0 Å². The maximum absolute atomic E-state index is 12.3. The molecule has 1 rings (SSSR count). The molecule has 1 fully saturated rings. The molecule has 0 aromatic rings. The number of hydrogen-bond donors (Lipinski definition) is 1. The summed E-state index contributed by atoms with van der Waals surface area (Å²) in [7, 11) is -2.15. The van der Waals surface area contributed by atoms with Crippen molar-refractivity contribution in [1.82, 2.24) is 5.32 Å². The lowest BCUT2D eigenvalue weighted by molar-refractivity contribution is 0.414. The van der Waals surface area contributed by atoms with Crippen LogP contribution in [-0.4, -0.2) is 48.7 Å². The summed E-state index contributed by atoms with van der Waals surface area (Å²) in [6, 6.07) is 0.269. The maximum Gasteiger partial charge on any atom is 0.148 e. The van der Waals surface area contributed by atoms with Gasteiger partial charge in [0.1, 0.15) is 9.84 Å². The van der Waals surface area contributed by atoms with Gasteiger partial charge in [-0.05, 0) is 19.9 Å². The molecule has 0 spiro atoms. The fourth-order valence-corrected chi connectivity index (χ4v) is 5.72. The third-order valence-electron chi connectivity index (χ3n) is 3.57. The average Bonchev–Trinajstić information content (AvgIpc) is 2.25. The van der Waals surface area contributed by atoms with E-state index in [1.807, 2.05) is 7.05 Å². The molecule has 1 N–H and O–H groups in total. The molecule has 6 heteroatoms. The van der Waals surface area contributed by atoms with Crippen molar-refractivity contribution in [2.75, 3.05) is 24.8 Å². The van der Waals surface area contributed by atoms with E-state index in [4.69, 9.17) is 0 Å². The molecular weight excluding hydrogens is 270 g/mol. The first-order valence-corrected chi connectivity index (χ1v) is 10.1. The summed E-state index contributed by atoms with van der Waals surface area (Å²) in [6.07, 6.45) is 7.93. The van der Waals surface area contributed by atoms with E-state index >= 15 is 0 Å². The van der Waals surface area contributed by atoms with Gasteiger partial charge in [-0.1, -0.05) is 25.7 Å². The Morgan fingerprint density at radius 3 is 2.33 bits per heavy atom. The van der Waals surface area contributed by atoms with Gasteiger partial charge in [-0.15, -0.1) is 0 Å². The Balaban J connectivity index is 2.60.